The normalized spacial score (nSPS) is 11.1. The van der Waals surface area contributed by atoms with Crippen LogP contribution in [0.25, 0.3) is 22.2 Å². The van der Waals surface area contributed by atoms with Gasteiger partial charge in [0.2, 0.25) is 5.88 Å². The topological polar surface area (TPSA) is 88.1 Å². The molecule has 0 aliphatic rings. The molecule has 0 unspecified atom stereocenters. The number of phenolic OH excluding ortho intramolecular Hbond substituents is 1. The van der Waals surface area contributed by atoms with Crippen LogP contribution in [-0.4, -0.2) is 15.2 Å². The number of hydrogen-bond donors (Lipinski definition) is 3. The van der Waals surface area contributed by atoms with Crippen LogP contribution in [0.1, 0.15) is 5.69 Å². The third-order valence-corrected chi connectivity index (χ3v) is 2.71. The molecule has 0 bridgehead atoms. The Bertz CT molecular complexity index is 697. The van der Waals surface area contributed by atoms with Crippen LogP contribution in [0.5, 0.6) is 5.75 Å². The summed E-state index contributed by atoms with van der Waals surface area (Å²) in [5.74, 6) is 0.407. The van der Waals surface area contributed by atoms with E-state index in [2.05, 4.69) is 10.1 Å². The van der Waals surface area contributed by atoms with Gasteiger partial charge in [-0.15, -0.1) is 0 Å². The number of aryl methyl sites for hydroxylation is 1. The Labute approximate surface area is 96.8 Å². The Kier molecular flexibility index (Phi) is 1.89. The number of nitrogens with zero attached hydrogens (tertiary/aromatic N) is 1. The average molecular weight is 229 g/mol. The van der Waals surface area contributed by atoms with E-state index >= 15 is 0 Å². The molecule has 0 aliphatic heterocycles. The van der Waals surface area contributed by atoms with Crippen molar-refractivity contribution in [2.75, 3.05) is 5.73 Å². The fraction of sp³-hybridized carbons (Fsp3) is 0.0833. The van der Waals surface area contributed by atoms with E-state index in [1.54, 1.807) is 12.1 Å². The van der Waals surface area contributed by atoms with Crippen LogP contribution < -0.4 is 5.73 Å². The van der Waals surface area contributed by atoms with Gasteiger partial charge in [0.05, 0.1) is 0 Å². The van der Waals surface area contributed by atoms with Crippen molar-refractivity contribution in [1.29, 1.82) is 0 Å². The molecule has 0 aliphatic carbocycles. The van der Waals surface area contributed by atoms with E-state index in [0.29, 0.717) is 11.3 Å². The van der Waals surface area contributed by atoms with Crippen LogP contribution in [0.4, 0.5) is 5.88 Å². The minimum atomic E-state index is 0.181. The first-order valence-electron chi connectivity index (χ1n) is 5.19. The summed E-state index contributed by atoms with van der Waals surface area (Å²) in [6.07, 6.45) is 0. The molecule has 2 heterocycles. The van der Waals surface area contributed by atoms with E-state index in [-0.39, 0.29) is 11.6 Å². The summed E-state index contributed by atoms with van der Waals surface area (Å²) in [5.41, 5.74) is 8.48. The monoisotopic (exact) mass is 229 g/mol. The van der Waals surface area contributed by atoms with Crippen LogP contribution >= 0.6 is 0 Å². The first-order chi connectivity index (χ1) is 8.15. The second-order valence-corrected chi connectivity index (χ2v) is 3.99. The molecule has 4 N–H and O–H groups in total. The number of aromatic amines is 1. The molecule has 3 rings (SSSR count). The summed E-state index contributed by atoms with van der Waals surface area (Å²) in [4.78, 5) is 3.15. The molecular weight excluding hydrogens is 218 g/mol. The summed E-state index contributed by atoms with van der Waals surface area (Å²) in [7, 11) is 0. The van der Waals surface area contributed by atoms with Crippen molar-refractivity contribution in [2.24, 2.45) is 0 Å². The van der Waals surface area contributed by atoms with Crippen molar-refractivity contribution in [2.45, 2.75) is 6.92 Å². The summed E-state index contributed by atoms with van der Waals surface area (Å²) < 4.78 is 4.80. The van der Waals surface area contributed by atoms with Gasteiger partial charge in [-0.1, -0.05) is 5.16 Å². The van der Waals surface area contributed by atoms with Gasteiger partial charge < -0.3 is 20.3 Å². The first-order valence-corrected chi connectivity index (χ1v) is 5.19. The molecule has 0 atom stereocenters. The Morgan fingerprint density at radius 2 is 2.18 bits per heavy atom. The lowest BCUT2D eigenvalue weighted by atomic mass is 10.1. The van der Waals surface area contributed by atoms with E-state index in [0.717, 1.165) is 16.6 Å². The Hall–Kier alpha value is -2.43. The zero-order valence-electron chi connectivity index (χ0n) is 9.19. The Balaban J connectivity index is 2.27. The predicted molar refractivity (Wildman–Crippen MR) is 64.6 cm³/mol. The molecule has 86 valence electrons. The highest BCUT2D eigenvalue weighted by molar-refractivity contribution is 5.93. The van der Waals surface area contributed by atoms with Crippen molar-refractivity contribution in [3.63, 3.8) is 0 Å². The molecule has 5 heteroatoms. The largest absolute Gasteiger partial charge is 0.507 e. The van der Waals surface area contributed by atoms with Crippen LogP contribution in [0.15, 0.2) is 28.8 Å². The maximum Gasteiger partial charge on any atom is 0.222 e. The summed E-state index contributed by atoms with van der Waals surface area (Å²) in [6.45, 7) is 1.94. The van der Waals surface area contributed by atoms with E-state index < -0.39 is 0 Å². The SMILES string of the molecule is Cc1cc2c(O)c(-c3cc(N)on3)ccc2[nH]1. The molecule has 1 aromatic carbocycles. The van der Waals surface area contributed by atoms with Crippen LogP contribution in [-0.2, 0) is 0 Å². The van der Waals surface area contributed by atoms with E-state index in [9.17, 15) is 5.11 Å². The number of nitrogens with one attached hydrogen (secondary N) is 1. The molecule has 0 saturated carbocycles. The molecule has 0 amide bonds. The van der Waals surface area contributed by atoms with Crippen molar-refractivity contribution >= 4 is 16.8 Å². The maximum absolute atomic E-state index is 10.2. The highest BCUT2D eigenvalue weighted by Crippen LogP contribution is 2.35. The van der Waals surface area contributed by atoms with Crippen LogP contribution in [0, 0.1) is 6.92 Å². The van der Waals surface area contributed by atoms with Gasteiger partial charge in [0.1, 0.15) is 11.4 Å². The number of anilines is 1. The second-order valence-electron chi connectivity index (χ2n) is 3.99. The lowest BCUT2D eigenvalue weighted by Crippen LogP contribution is -1.80. The van der Waals surface area contributed by atoms with Crippen molar-refractivity contribution in [1.82, 2.24) is 10.1 Å². The Morgan fingerprint density at radius 3 is 2.88 bits per heavy atom. The van der Waals surface area contributed by atoms with Gasteiger partial charge in [-0.25, -0.2) is 0 Å². The van der Waals surface area contributed by atoms with E-state index in [1.807, 2.05) is 19.1 Å². The summed E-state index contributed by atoms with van der Waals surface area (Å²) in [5, 5.41) is 14.7. The highest BCUT2D eigenvalue weighted by Gasteiger charge is 2.13. The fourth-order valence-corrected chi connectivity index (χ4v) is 1.95. The number of rotatable bonds is 1. The number of aromatic nitrogens is 2. The number of fused-ring (bicyclic) bond motifs is 1. The minimum absolute atomic E-state index is 0.181. The minimum Gasteiger partial charge on any atom is -0.507 e. The molecule has 3 aromatic rings. The molecule has 2 aromatic heterocycles. The third-order valence-electron chi connectivity index (χ3n) is 2.71. The van der Waals surface area contributed by atoms with Crippen LogP contribution in [0.2, 0.25) is 0 Å². The molecule has 0 fully saturated rings. The number of nitrogen functional groups attached to an aromatic ring is 1. The number of phenols is 1. The smallest absolute Gasteiger partial charge is 0.222 e. The van der Waals surface area contributed by atoms with Crippen molar-refractivity contribution in [3.05, 3.63) is 30.0 Å². The Morgan fingerprint density at radius 1 is 1.35 bits per heavy atom. The van der Waals surface area contributed by atoms with E-state index in [4.69, 9.17) is 10.3 Å². The van der Waals surface area contributed by atoms with Gasteiger partial charge in [-0.3, -0.25) is 0 Å². The number of H-pyrrole nitrogens is 1. The number of aromatic hydroxyl groups is 1. The molecule has 0 radical (unpaired) electrons. The molecule has 5 nitrogen and oxygen atoms in total. The summed E-state index contributed by atoms with van der Waals surface area (Å²) >= 11 is 0. The fourth-order valence-electron chi connectivity index (χ4n) is 1.95. The van der Waals surface area contributed by atoms with Gasteiger partial charge in [-0.05, 0) is 25.1 Å². The van der Waals surface area contributed by atoms with Gasteiger partial charge in [-0.2, -0.15) is 0 Å². The third kappa shape index (κ3) is 1.44. The predicted octanol–water partition coefficient (Wildman–Crippen LogP) is 2.42. The second kappa shape index (κ2) is 3.28. The lowest BCUT2D eigenvalue weighted by molar-refractivity contribution is 0.437. The van der Waals surface area contributed by atoms with Crippen LogP contribution in [0.3, 0.4) is 0 Å². The standard InChI is InChI=1S/C12H11N3O2/c1-6-4-8-9(14-6)3-2-7(12(8)16)10-5-11(13)17-15-10/h2-5,14,16H,13H2,1H3. The van der Waals surface area contributed by atoms with Crippen molar-refractivity contribution in [3.8, 4) is 17.0 Å². The zero-order chi connectivity index (χ0) is 12.0. The average Bonchev–Trinajstić information content (AvgIpc) is 2.85. The zero-order valence-corrected chi connectivity index (χ0v) is 9.19. The van der Waals surface area contributed by atoms with E-state index in [1.165, 1.54) is 0 Å². The number of benzene rings is 1. The maximum atomic E-state index is 10.2. The quantitative estimate of drug-likeness (QED) is 0.598. The number of hydrogen-bond acceptors (Lipinski definition) is 4. The van der Waals surface area contributed by atoms with Gasteiger partial charge >= 0.3 is 0 Å². The van der Waals surface area contributed by atoms with Gasteiger partial charge in [0.25, 0.3) is 0 Å². The first kappa shape index (κ1) is 9.77. The van der Waals surface area contributed by atoms with Gasteiger partial charge in [0, 0.05) is 28.2 Å². The molecule has 0 saturated heterocycles. The molecular formula is C12H11N3O2. The number of nitrogens with two attached hydrogens (primary N) is 1. The highest BCUT2D eigenvalue weighted by atomic mass is 16.5. The lowest BCUT2D eigenvalue weighted by Gasteiger charge is -2.01. The molecule has 17 heavy (non-hydrogen) atoms. The van der Waals surface area contributed by atoms with Gasteiger partial charge in [0.15, 0.2) is 0 Å². The molecule has 0 spiro atoms. The summed E-state index contributed by atoms with van der Waals surface area (Å²) in [6, 6.07) is 7.14. The van der Waals surface area contributed by atoms with Crippen molar-refractivity contribution < 1.29 is 9.63 Å².